The van der Waals surface area contributed by atoms with E-state index in [0.29, 0.717) is 16.9 Å². The maximum Gasteiger partial charge on any atom is 0.331 e. The van der Waals surface area contributed by atoms with Gasteiger partial charge >= 0.3 is 5.97 Å². The summed E-state index contributed by atoms with van der Waals surface area (Å²) >= 11 is 0. The summed E-state index contributed by atoms with van der Waals surface area (Å²) in [5.41, 5.74) is 0.797. The molecule has 1 aliphatic rings. The molecule has 0 aliphatic carbocycles. The third-order valence-electron chi connectivity index (χ3n) is 4.78. The molecule has 0 fully saturated rings. The van der Waals surface area contributed by atoms with Crippen LogP contribution in [0.15, 0.2) is 75.1 Å². The summed E-state index contributed by atoms with van der Waals surface area (Å²) in [6, 6.07) is 15.2. The fourth-order valence-electron chi connectivity index (χ4n) is 3.21. The predicted octanol–water partition coefficient (Wildman–Crippen LogP) is 2.33. The number of esters is 1. The second kappa shape index (κ2) is 8.87. The van der Waals surface area contributed by atoms with E-state index in [4.69, 9.17) is 9.26 Å². The number of carbonyl (C=O) groups is 2. The van der Waals surface area contributed by atoms with Gasteiger partial charge in [0.15, 0.2) is 5.82 Å². The molecule has 1 aromatic heterocycles. The van der Waals surface area contributed by atoms with Crippen LogP contribution < -0.4 is 10.0 Å². The third-order valence-corrected chi connectivity index (χ3v) is 6.18. The van der Waals surface area contributed by atoms with E-state index in [9.17, 15) is 18.0 Å². The van der Waals surface area contributed by atoms with Crippen LogP contribution in [0.5, 0.6) is 0 Å². The second-order valence-corrected chi connectivity index (χ2v) is 8.95. The van der Waals surface area contributed by atoms with Crippen molar-refractivity contribution in [2.75, 3.05) is 5.32 Å². The minimum absolute atomic E-state index is 0.0360. The van der Waals surface area contributed by atoms with Crippen molar-refractivity contribution in [3.05, 3.63) is 77.6 Å². The summed E-state index contributed by atoms with van der Waals surface area (Å²) in [5, 5.41) is 6.27. The molecule has 11 heteroatoms. The monoisotopic (exact) mass is 468 g/mol. The van der Waals surface area contributed by atoms with E-state index in [2.05, 4.69) is 20.2 Å². The average molecular weight is 468 g/mol. The molecule has 10 nitrogen and oxygen atoms in total. The summed E-state index contributed by atoms with van der Waals surface area (Å²) in [7, 11) is -3.75. The van der Waals surface area contributed by atoms with Crippen LogP contribution in [0.2, 0.25) is 0 Å². The Kier molecular flexibility index (Phi) is 5.97. The molecule has 0 radical (unpaired) electrons. The molecule has 1 unspecified atom stereocenters. The van der Waals surface area contributed by atoms with Crippen LogP contribution in [0.3, 0.4) is 0 Å². The third kappa shape index (κ3) is 4.77. The number of ether oxygens (including phenoxy) is 1. The van der Waals surface area contributed by atoms with Crippen LogP contribution in [0.25, 0.3) is 0 Å². The zero-order valence-corrected chi connectivity index (χ0v) is 18.5. The summed E-state index contributed by atoms with van der Waals surface area (Å²) in [4.78, 5) is 30.0. The molecule has 170 valence electrons. The Hall–Kier alpha value is -3.99. The number of benzene rings is 2. The number of anilines is 1. The minimum atomic E-state index is -3.75. The highest BCUT2D eigenvalue weighted by molar-refractivity contribution is 7.90. The quantitative estimate of drug-likeness (QED) is 0.529. The van der Waals surface area contributed by atoms with Crippen molar-refractivity contribution in [2.45, 2.75) is 30.9 Å². The summed E-state index contributed by atoms with van der Waals surface area (Å²) in [6.45, 7) is 3.12. The van der Waals surface area contributed by atoms with Gasteiger partial charge in [-0.05, 0) is 26.0 Å². The van der Waals surface area contributed by atoms with Crippen molar-refractivity contribution in [3.8, 4) is 0 Å². The molecule has 0 spiro atoms. The summed E-state index contributed by atoms with van der Waals surface area (Å²) in [6.07, 6.45) is -1.29. The highest BCUT2D eigenvalue weighted by atomic mass is 32.2. The minimum Gasteiger partial charge on any atom is -0.446 e. The van der Waals surface area contributed by atoms with Gasteiger partial charge in [0.05, 0.1) is 4.90 Å². The largest absolute Gasteiger partial charge is 0.446 e. The smallest absolute Gasteiger partial charge is 0.331 e. The maximum absolute atomic E-state index is 12.9. The molecule has 1 aliphatic heterocycles. The number of fused-ring (bicyclic) bond motifs is 1. The van der Waals surface area contributed by atoms with Gasteiger partial charge in [-0.3, -0.25) is 14.5 Å². The standard InChI is InChI=1S/C22H20N4O6S/c1-13-12-18(25-32-13)24-21(27)19(15-8-4-3-5-9-15)31-22(28)14(2)23-20-16-10-6-7-11-17(16)33(29,30)26-20/h3-12,14,19H,1-2H3,(H,23,26)(H,24,25,27)/t14-,19?/m0/s1. The maximum atomic E-state index is 12.9. The molecule has 4 rings (SSSR count). The van der Waals surface area contributed by atoms with Crippen molar-refractivity contribution in [1.82, 2.24) is 9.88 Å². The Morgan fingerprint density at radius 2 is 1.82 bits per heavy atom. The Morgan fingerprint density at radius 1 is 1.12 bits per heavy atom. The van der Waals surface area contributed by atoms with Crippen LogP contribution in [-0.4, -0.2) is 37.3 Å². The van der Waals surface area contributed by atoms with Crippen molar-refractivity contribution in [2.24, 2.45) is 4.99 Å². The van der Waals surface area contributed by atoms with Crippen molar-refractivity contribution < 1.29 is 27.3 Å². The van der Waals surface area contributed by atoms with E-state index < -0.39 is 34.0 Å². The topological polar surface area (TPSA) is 140 Å². The molecule has 33 heavy (non-hydrogen) atoms. The number of aryl methyl sites for hydroxylation is 1. The number of amides is 1. The first kappa shape index (κ1) is 22.2. The lowest BCUT2D eigenvalue weighted by Gasteiger charge is -2.18. The molecule has 0 saturated carbocycles. The number of carbonyl (C=O) groups excluding carboxylic acids is 2. The number of aromatic nitrogens is 1. The molecular formula is C22H20N4O6S. The van der Waals surface area contributed by atoms with Crippen molar-refractivity contribution in [1.29, 1.82) is 0 Å². The number of rotatable bonds is 6. The lowest BCUT2D eigenvalue weighted by Crippen LogP contribution is -2.31. The lowest BCUT2D eigenvalue weighted by atomic mass is 10.1. The Labute approximate surface area is 189 Å². The number of nitrogens with one attached hydrogen (secondary N) is 2. The number of amidine groups is 1. The fourth-order valence-corrected chi connectivity index (χ4v) is 4.45. The first-order valence-corrected chi connectivity index (χ1v) is 11.4. The predicted molar refractivity (Wildman–Crippen MR) is 118 cm³/mol. The number of nitrogens with zero attached hydrogens (tertiary/aromatic N) is 2. The molecular weight excluding hydrogens is 448 g/mol. The van der Waals surface area contributed by atoms with E-state index in [1.807, 2.05) is 0 Å². The Morgan fingerprint density at radius 3 is 2.52 bits per heavy atom. The molecule has 0 saturated heterocycles. The van der Waals surface area contributed by atoms with Crippen LogP contribution >= 0.6 is 0 Å². The highest BCUT2D eigenvalue weighted by Crippen LogP contribution is 2.24. The van der Waals surface area contributed by atoms with Crippen LogP contribution in [0.1, 0.15) is 29.9 Å². The van der Waals surface area contributed by atoms with Gasteiger partial charge in [0, 0.05) is 17.2 Å². The average Bonchev–Trinajstić information content (AvgIpc) is 3.32. The van der Waals surface area contributed by atoms with Gasteiger partial charge in [-0.25, -0.2) is 13.2 Å². The zero-order valence-electron chi connectivity index (χ0n) is 17.7. The lowest BCUT2D eigenvalue weighted by molar-refractivity contribution is -0.155. The molecule has 2 aromatic carbocycles. The normalized spacial score (nSPS) is 17.0. The summed E-state index contributed by atoms with van der Waals surface area (Å²) < 4.78 is 37.3. The van der Waals surface area contributed by atoms with Crippen molar-refractivity contribution >= 4 is 33.6 Å². The van der Waals surface area contributed by atoms with Gasteiger partial charge in [0.1, 0.15) is 17.6 Å². The van der Waals surface area contributed by atoms with Gasteiger partial charge in [-0.1, -0.05) is 47.6 Å². The fraction of sp³-hybridized carbons (Fsp3) is 0.182. The number of aliphatic imine (C=N–C) groups is 1. The van der Waals surface area contributed by atoms with E-state index in [0.717, 1.165) is 0 Å². The van der Waals surface area contributed by atoms with Crippen molar-refractivity contribution in [3.63, 3.8) is 0 Å². The van der Waals surface area contributed by atoms with Crippen LogP contribution in [-0.2, 0) is 24.3 Å². The van der Waals surface area contributed by atoms with E-state index in [1.54, 1.807) is 55.5 Å². The molecule has 2 N–H and O–H groups in total. The van der Waals surface area contributed by atoms with E-state index in [-0.39, 0.29) is 16.5 Å². The van der Waals surface area contributed by atoms with Crippen LogP contribution in [0, 0.1) is 6.92 Å². The molecule has 2 atom stereocenters. The van der Waals surface area contributed by atoms with Gasteiger partial charge in [0.25, 0.3) is 15.9 Å². The molecule has 1 amide bonds. The second-order valence-electron chi connectivity index (χ2n) is 7.30. The SMILES string of the molecule is Cc1cc(NC(=O)C(OC(=O)[C@H](C)N=C2NS(=O)(=O)c3ccccc32)c2ccccc2)no1. The van der Waals surface area contributed by atoms with Gasteiger partial charge < -0.3 is 14.6 Å². The first-order valence-electron chi connectivity index (χ1n) is 9.94. The highest BCUT2D eigenvalue weighted by Gasteiger charge is 2.32. The van der Waals surface area contributed by atoms with Gasteiger partial charge in [-0.15, -0.1) is 0 Å². The Balaban J connectivity index is 1.56. The van der Waals surface area contributed by atoms with E-state index >= 15 is 0 Å². The molecule has 2 heterocycles. The number of hydrogen-bond acceptors (Lipinski definition) is 8. The number of hydrogen-bond donors (Lipinski definition) is 2. The first-order chi connectivity index (χ1) is 15.7. The number of sulfonamides is 1. The zero-order chi connectivity index (χ0) is 23.6. The van der Waals surface area contributed by atoms with Gasteiger partial charge in [-0.2, -0.15) is 0 Å². The van der Waals surface area contributed by atoms with Gasteiger partial charge in [0.2, 0.25) is 6.10 Å². The molecule has 3 aromatic rings. The van der Waals surface area contributed by atoms with E-state index in [1.165, 1.54) is 19.1 Å². The molecule has 0 bridgehead atoms. The van der Waals surface area contributed by atoms with Crippen LogP contribution in [0.4, 0.5) is 5.82 Å². The Bertz CT molecular complexity index is 1330. The summed E-state index contributed by atoms with van der Waals surface area (Å²) in [5.74, 6) is -0.725.